The molecule has 134 valence electrons. The minimum Gasteiger partial charge on any atom is -0.494 e. The molecule has 0 spiro atoms. The summed E-state index contributed by atoms with van der Waals surface area (Å²) >= 11 is 0. The number of H-pyrrole nitrogens is 1. The highest BCUT2D eigenvalue weighted by Crippen LogP contribution is 2.22. The van der Waals surface area contributed by atoms with E-state index >= 15 is 0 Å². The van der Waals surface area contributed by atoms with E-state index in [1.807, 2.05) is 0 Å². The second-order valence-corrected chi connectivity index (χ2v) is 6.22. The van der Waals surface area contributed by atoms with E-state index in [1.165, 1.54) is 19.5 Å². The first-order chi connectivity index (χ1) is 12.2. The van der Waals surface area contributed by atoms with Crippen LogP contribution in [0.5, 0.6) is 5.75 Å². The molecule has 6 nitrogen and oxygen atoms in total. The Morgan fingerprint density at radius 1 is 1.48 bits per heavy atom. The van der Waals surface area contributed by atoms with Crippen molar-refractivity contribution in [1.82, 2.24) is 14.9 Å². The van der Waals surface area contributed by atoms with E-state index in [9.17, 15) is 9.18 Å². The van der Waals surface area contributed by atoms with Crippen LogP contribution in [0.2, 0.25) is 0 Å². The van der Waals surface area contributed by atoms with Gasteiger partial charge >= 0.3 is 0 Å². The van der Waals surface area contributed by atoms with Gasteiger partial charge in [-0.3, -0.25) is 9.69 Å². The van der Waals surface area contributed by atoms with Crippen molar-refractivity contribution in [3.8, 4) is 5.75 Å². The SMILES string of the molecule is COc1cccc(CN2CCOCC(Cc3cc(=O)[nH]cn3)C2)c1F. The third-order valence-corrected chi connectivity index (χ3v) is 4.31. The van der Waals surface area contributed by atoms with E-state index in [0.29, 0.717) is 31.7 Å². The molecule has 2 heterocycles. The zero-order chi connectivity index (χ0) is 17.6. The van der Waals surface area contributed by atoms with Crippen molar-refractivity contribution < 1.29 is 13.9 Å². The van der Waals surface area contributed by atoms with Crippen LogP contribution in [0.3, 0.4) is 0 Å². The van der Waals surface area contributed by atoms with Gasteiger partial charge in [-0.25, -0.2) is 9.37 Å². The van der Waals surface area contributed by atoms with E-state index in [0.717, 1.165) is 18.8 Å². The number of aromatic nitrogens is 2. The highest BCUT2D eigenvalue weighted by Gasteiger charge is 2.21. The van der Waals surface area contributed by atoms with Gasteiger partial charge in [0, 0.05) is 42.9 Å². The van der Waals surface area contributed by atoms with Gasteiger partial charge in [-0.2, -0.15) is 0 Å². The third-order valence-electron chi connectivity index (χ3n) is 4.31. The number of rotatable bonds is 5. The third kappa shape index (κ3) is 4.64. The van der Waals surface area contributed by atoms with Gasteiger partial charge in [0.15, 0.2) is 11.6 Å². The highest BCUT2D eigenvalue weighted by molar-refractivity contribution is 5.31. The van der Waals surface area contributed by atoms with Gasteiger partial charge in [0.05, 0.1) is 26.7 Å². The van der Waals surface area contributed by atoms with Gasteiger partial charge in [0.1, 0.15) is 0 Å². The lowest BCUT2D eigenvalue weighted by atomic mass is 10.0. The Bertz CT molecular complexity index is 765. The fraction of sp³-hybridized carbons (Fsp3) is 0.444. The minimum atomic E-state index is -0.317. The maximum atomic E-state index is 14.4. The molecule has 0 bridgehead atoms. The van der Waals surface area contributed by atoms with Crippen LogP contribution in [0.4, 0.5) is 4.39 Å². The number of halogens is 1. The van der Waals surface area contributed by atoms with E-state index in [4.69, 9.17) is 9.47 Å². The van der Waals surface area contributed by atoms with Crippen LogP contribution >= 0.6 is 0 Å². The number of benzene rings is 1. The molecule has 0 amide bonds. The van der Waals surface area contributed by atoms with Crippen LogP contribution in [-0.2, 0) is 17.7 Å². The Morgan fingerprint density at radius 2 is 2.36 bits per heavy atom. The standard InChI is InChI=1S/C18H22FN3O3/c1-24-16-4-2-3-14(18(16)19)10-22-5-6-25-11-13(9-22)7-15-8-17(23)21-12-20-15/h2-4,8,12-13H,5-7,9-11H2,1H3,(H,20,21,23). The second kappa shape index (κ2) is 8.22. The van der Waals surface area contributed by atoms with Gasteiger partial charge < -0.3 is 14.5 Å². The average Bonchev–Trinajstić information content (AvgIpc) is 2.82. The molecule has 0 aliphatic carbocycles. The number of methoxy groups -OCH3 is 1. The van der Waals surface area contributed by atoms with Crippen molar-refractivity contribution in [3.63, 3.8) is 0 Å². The molecule has 1 aromatic carbocycles. The molecular formula is C18H22FN3O3. The predicted molar refractivity (Wildman–Crippen MR) is 91.1 cm³/mol. The quantitative estimate of drug-likeness (QED) is 0.890. The van der Waals surface area contributed by atoms with Gasteiger partial charge in [0.2, 0.25) is 0 Å². The Balaban J connectivity index is 1.69. The molecule has 2 aromatic rings. The first-order valence-electron chi connectivity index (χ1n) is 8.31. The van der Waals surface area contributed by atoms with E-state index in [2.05, 4.69) is 14.9 Å². The minimum absolute atomic E-state index is 0.158. The maximum Gasteiger partial charge on any atom is 0.250 e. The topological polar surface area (TPSA) is 67.5 Å². The Morgan fingerprint density at radius 3 is 3.16 bits per heavy atom. The number of nitrogens with zero attached hydrogens (tertiary/aromatic N) is 2. The van der Waals surface area contributed by atoms with Crippen LogP contribution in [0.25, 0.3) is 0 Å². The zero-order valence-electron chi connectivity index (χ0n) is 14.2. The van der Waals surface area contributed by atoms with E-state index in [-0.39, 0.29) is 23.0 Å². The van der Waals surface area contributed by atoms with Crippen molar-refractivity contribution in [2.75, 3.05) is 33.4 Å². The number of ether oxygens (including phenoxy) is 2. The summed E-state index contributed by atoms with van der Waals surface area (Å²) in [5.74, 6) is 0.140. The number of hydrogen-bond donors (Lipinski definition) is 1. The molecule has 25 heavy (non-hydrogen) atoms. The largest absolute Gasteiger partial charge is 0.494 e. The Hall–Kier alpha value is -2.25. The molecule has 0 radical (unpaired) electrons. The molecule has 1 aromatic heterocycles. The van der Waals surface area contributed by atoms with Gasteiger partial charge in [-0.05, 0) is 12.5 Å². The van der Waals surface area contributed by atoms with E-state index in [1.54, 1.807) is 18.2 Å². The van der Waals surface area contributed by atoms with Crippen LogP contribution in [-0.4, -0.2) is 48.3 Å². The molecule has 1 unspecified atom stereocenters. The molecule has 1 N–H and O–H groups in total. The second-order valence-electron chi connectivity index (χ2n) is 6.22. The van der Waals surface area contributed by atoms with Gasteiger partial charge in [0.25, 0.3) is 5.56 Å². The Kier molecular flexibility index (Phi) is 5.78. The van der Waals surface area contributed by atoms with Crippen molar-refractivity contribution in [1.29, 1.82) is 0 Å². The molecule has 1 saturated heterocycles. The van der Waals surface area contributed by atoms with Crippen LogP contribution in [0.15, 0.2) is 35.4 Å². The molecule has 1 aliphatic heterocycles. The predicted octanol–water partition coefficient (Wildman–Crippen LogP) is 1.61. The lowest BCUT2D eigenvalue weighted by molar-refractivity contribution is 0.121. The fourth-order valence-corrected chi connectivity index (χ4v) is 3.11. The van der Waals surface area contributed by atoms with Crippen molar-refractivity contribution in [3.05, 3.63) is 58.0 Å². The number of hydrogen-bond acceptors (Lipinski definition) is 5. The highest BCUT2D eigenvalue weighted by atomic mass is 19.1. The summed E-state index contributed by atoms with van der Waals surface area (Å²) in [6, 6.07) is 6.70. The normalized spacial score (nSPS) is 18.7. The van der Waals surface area contributed by atoms with Gasteiger partial charge in [-0.1, -0.05) is 12.1 Å². The molecule has 1 atom stereocenters. The van der Waals surface area contributed by atoms with Gasteiger partial charge in [-0.15, -0.1) is 0 Å². The first kappa shape index (κ1) is 17.6. The lowest BCUT2D eigenvalue weighted by Crippen LogP contribution is -2.31. The van der Waals surface area contributed by atoms with Crippen molar-refractivity contribution in [2.24, 2.45) is 5.92 Å². The summed E-state index contributed by atoms with van der Waals surface area (Å²) in [6.07, 6.45) is 2.07. The smallest absolute Gasteiger partial charge is 0.250 e. The number of aromatic amines is 1. The fourth-order valence-electron chi connectivity index (χ4n) is 3.11. The molecule has 7 heteroatoms. The molecule has 1 aliphatic rings. The first-order valence-corrected chi connectivity index (χ1v) is 8.31. The Labute approximate surface area is 145 Å². The summed E-state index contributed by atoms with van der Waals surface area (Å²) in [5.41, 5.74) is 1.19. The monoisotopic (exact) mass is 347 g/mol. The maximum absolute atomic E-state index is 14.4. The molecule has 3 rings (SSSR count). The summed E-state index contributed by atoms with van der Waals surface area (Å²) in [7, 11) is 1.46. The molecule has 1 fully saturated rings. The summed E-state index contributed by atoms with van der Waals surface area (Å²) in [6.45, 7) is 3.18. The summed E-state index contributed by atoms with van der Waals surface area (Å²) < 4.78 is 25.1. The van der Waals surface area contributed by atoms with Crippen LogP contribution in [0.1, 0.15) is 11.3 Å². The average molecular weight is 347 g/mol. The summed E-state index contributed by atoms with van der Waals surface area (Å²) in [5, 5.41) is 0. The van der Waals surface area contributed by atoms with Crippen molar-refractivity contribution >= 4 is 0 Å². The van der Waals surface area contributed by atoms with Crippen molar-refractivity contribution in [2.45, 2.75) is 13.0 Å². The number of nitrogens with one attached hydrogen (secondary N) is 1. The zero-order valence-corrected chi connectivity index (χ0v) is 14.2. The molecular weight excluding hydrogens is 325 g/mol. The summed E-state index contributed by atoms with van der Waals surface area (Å²) in [4.78, 5) is 20.3. The lowest BCUT2D eigenvalue weighted by Gasteiger charge is -2.23. The van der Waals surface area contributed by atoms with E-state index < -0.39 is 0 Å². The van der Waals surface area contributed by atoms with Crippen LogP contribution in [0, 0.1) is 11.7 Å². The molecule has 0 saturated carbocycles. The van der Waals surface area contributed by atoms with Crippen LogP contribution < -0.4 is 10.3 Å².